The van der Waals surface area contributed by atoms with Crippen molar-refractivity contribution in [1.82, 2.24) is 0 Å². The highest BCUT2D eigenvalue weighted by Crippen LogP contribution is 2.22. The predicted molar refractivity (Wildman–Crippen MR) is 72.1 cm³/mol. The van der Waals surface area contributed by atoms with Crippen LogP contribution in [0.4, 0.5) is 11.4 Å². The molecule has 0 heterocycles. The first-order valence-electron chi connectivity index (χ1n) is 4.95. The maximum Gasteiger partial charge on any atom is 0.234 e. The number of thioether (sulfide) groups is 1. The summed E-state index contributed by atoms with van der Waals surface area (Å²) >= 11 is 7.37. The van der Waals surface area contributed by atoms with Crippen LogP contribution in [0.25, 0.3) is 0 Å². The van der Waals surface area contributed by atoms with Gasteiger partial charge in [0.1, 0.15) is 0 Å². The van der Waals surface area contributed by atoms with Gasteiger partial charge in [-0.05, 0) is 23.4 Å². The second kappa shape index (κ2) is 6.01. The third kappa shape index (κ3) is 4.33. The SMILES string of the molecule is CC(C)SCC(=O)Nc1ccc(Cl)c(N)c1. The maximum absolute atomic E-state index is 11.5. The van der Waals surface area contributed by atoms with E-state index in [0.717, 1.165) is 0 Å². The van der Waals surface area contributed by atoms with E-state index < -0.39 is 0 Å². The lowest BCUT2D eigenvalue weighted by Gasteiger charge is -2.07. The summed E-state index contributed by atoms with van der Waals surface area (Å²) in [6.07, 6.45) is 0. The van der Waals surface area contributed by atoms with Crippen LogP contribution in [0.2, 0.25) is 5.02 Å². The number of nitrogens with one attached hydrogen (secondary N) is 1. The molecular weight excluding hydrogens is 244 g/mol. The molecule has 3 N–H and O–H groups in total. The molecule has 0 unspecified atom stereocenters. The molecule has 0 saturated carbocycles. The molecule has 1 aromatic rings. The van der Waals surface area contributed by atoms with Crippen LogP contribution < -0.4 is 11.1 Å². The molecule has 0 aliphatic carbocycles. The number of hydrogen-bond donors (Lipinski definition) is 2. The normalized spacial score (nSPS) is 10.5. The molecule has 0 atom stereocenters. The van der Waals surface area contributed by atoms with Gasteiger partial charge in [-0.1, -0.05) is 25.4 Å². The fourth-order valence-electron chi connectivity index (χ4n) is 1.06. The zero-order valence-corrected chi connectivity index (χ0v) is 10.9. The van der Waals surface area contributed by atoms with E-state index in [1.807, 2.05) is 0 Å². The van der Waals surface area contributed by atoms with Gasteiger partial charge in [0.25, 0.3) is 0 Å². The maximum atomic E-state index is 11.5. The van der Waals surface area contributed by atoms with Crippen LogP contribution >= 0.6 is 23.4 Å². The van der Waals surface area contributed by atoms with Crippen molar-refractivity contribution in [1.29, 1.82) is 0 Å². The Morgan fingerprint density at radius 2 is 2.25 bits per heavy atom. The van der Waals surface area contributed by atoms with Gasteiger partial charge in [-0.2, -0.15) is 0 Å². The molecule has 1 amide bonds. The first-order valence-corrected chi connectivity index (χ1v) is 6.38. The van der Waals surface area contributed by atoms with Crippen LogP contribution in [0.3, 0.4) is 0 Å². The van der Waals surface area contributed by atoms with Crippen molar-refractivity contribution in [2.45, 2.75) is 19.1 Å². The summed E-state index contributed by atoms with van der Waals surface area (Å²) in [5.74, 6) is 0.417. The number of carbonyl (C=O) groups is 1. The van der Waals surface area contributed by atoms with Gasteiger partial charge in [0.05, 0.1) is 16.5 Å². The first kappa shape index (κ1) is 13.2. The summed E-state index contributed by atoms with van der Waals surface area (Å²) in [4.78, 5) is 11.5. The Kier molecular flexibility index (Phi) is 4.96. The van der Waals surface area contributed by atoms with Crippen LogP contribution in [-0.2, 0) is 4.79 Å². The summed E-state index contributed by atoms with van der Waals surface area (Å²) in [7, 11) is 0. The Balaban J connectivity index is 2.53. The van der Waals surface area contributed by atoms with Crippen molar-refractivity contribution in [2.24, 2.45) is 0 Å². The standard InChI is InChI=1S/C11H15ClN2OS/c1-7(2)16-6-11(15)14-8-3-4-9(12)10(13)5-8/h3-5,7H,6,13H2,1-2H3,(H,14,15). The molecule has 3 nitrogen and oxygen atoms in total. The lowest BCUT2D eigenvalue weighted by molar-refractivity contribution is -0.113. The zero-order valence-electron chi connectivity index (χ0n) is 9.29. The number of nitrogen functional groups attached to an aromatic ring is 1. The van der Waals surface area contributed by atoms with Gasteiger partial charge in [-0.3, -0.25) is 4.79 Å². The van der Waals surface area contributed by atoms with Crippen molar-refractivity contribution in [3.63, 3.8) is 0 Å². The molecule has 0 aromatic heterocycles. The molecule has 88 valence electrons. The Hall–Kier alpha value is -0.870. The van der Waals surface area contributed by atoms with Crippen LogP contribution in [0.1, 0.15) is 13.8 Å². The highest BCUT2D eigenvalue weighted by atomic mass is 35.5. The van der Waals surface area contributed by atoms with Gasteiger partial charge >= 0.3 is 0 Å². The molecule has 0 aliphatic rings. The van der Waals surface area contributed by atoms with E-state index in [1.54, 1.807) is 30.0 Å². The van der Waals surface area contributed by atoms with Crippen LogP contribution in [0.5, 0.6) is 0 Å². The number of halogens is 1. The molecule has 0 aliphatic heterocycles. The Morgan fingerprint density at radius 1 is 1.56 bits per heavy atom. The topological polar surface area (TPSA) is 55.1 Å². The Morgan fingerprint density at radius 3 is 2.81 bits per heavy atom. The number of benzene rings is 1. The van der Waals surface area contributed by atoms with Crippen LogP contribution in [-0.4, -0.2) is 16.9 Å². The van der Waals surface area contributed by atoms with Gasteiger partial charge < -0.3 is 11.1 Å². The fraction of sp³-hybridized carbons (Fsp3) is 0.364. The number of hydrogen-bond acceptors (Lipinski definition) is 3. The summed E-state index contributed by atoms with van der Waals surface area (Å²) in [6.45, 7) is 4.11. The molecule has 0 spiro atoms. The zero-order chi connectivity index (χ0) is 12.1. The van der Waals surface area contributed by atoms with E-state index in [2.05, 4.69) is 19.2 Å². The van der Waals surface area contributed by atoms with Gasteiger partial charge in [0.2, 0.25) is 5.91 Å². The molecule has 0 fully saturated rings. The number of nitrogens with two attached hydrogens (primary N) is 1. The monoisotopic (exact) mass is 258 g/mol. The smallest absolute Gasteiger partial charge is 0.234 e. The second-order valence-corrected chi connectivity index (χ2v) is 5.62. The summed E-state index contributed by atoms with van der Waals surface area (Å²) in [5, 5.41) is 3.71. The molecule has 0 radical (unpaired) electrons. The van der Waals surface area contributed by atoms with E-state index in [0.29, 0.717) is 27.4 Å². The van der Waals surface area contributed by atoms with Crippen LogP contribution in [0, 0.1) is 0 Å². The minimum atomic E-state index is -0.0274. The first-order chi connectivity index (χ1) is 7.49. The van der Waals surface area contributed by atoms with Crippen molar-refractivity contribution < 1.29 is 4.79 Å². The van der Waals surface area contributed by atoms with Crippen LogP contribution in [0.15, 0.2) is 18.2 Å². The van der Waals surface area contributed by atoms with E-state index in [4.69, 9.17) is 17.3 Å². The average molecular weight is 259 g/mol. The minimum Gasteiger partial charge on any atom is -0.397 e. The van der Waals surface area contributed by atoms with Crippen molar-refractivity contribution in [3.8, 4) is 0 Å². The van der Waals surface area contributed by atoms with E-state index in [9.17, 15) is 4.79 Å². The highest BCUT2D eigenvalue weighted by molar-refractivity contribution is 8.00. The van der Waals surface area contributed by atoms with Gasteiger partial charge in [0, 0.05) is 5.69 Å². The molecule has 1 rings (SSSR count). The Labute approximate surface area is 105 Å². The summed E-state index contributed by atoms with van der Waals surface area (Å²) in [5.41, 5.74) is 6.78. The van der Waals surface area contributed by atoms with Crippen molar-refractivity contribution in [3.05, 3.63) is 23.2 Å². The largest absolute Gasteiger partial charge is 0.397 e. The molecule has 0 bridgehead atoms. The minimum absolute atomic E-state index is 0.0274. The molecule has 16 heavy (non-hydrogen) atoms. The van der Waals surface area contributed by atoms with Crippen molar-refractivity contribution in [2.75, 3.05) is 16.8 Å². The quantitative estimate of drug-likeness (QED) is 0.817. The van der Waals surface area contributed by atoms with Gasteiger partial charge in [-0.25, -0.2) is 0 Å². The number of rotatable bonds is 4. The van der Waals surface area contributed by atoms with Gasteiger partial charge in [0.15, 0.2) is 0 Å². The van der Waals surface area contributed by atoms with E-state index in [1.165, 1.54) is 0 Å². The molecule has 1 aromatic carbocycles. The number of anilines is 2. The summed E-state index contributed by atoms with van der Waals surface area (Å²) in [6, 6.07) is 5.05. The lowest BCUT2D eigenvalue weighted by Crippen LogP contribution is -2.15. The third-order valence-electron chi connectivity index (χ3n) is 1.83. The second-order valence-electron chi connectivity index (χ2n) is 3.64. The molecular formula is C11H15ClN2OS. The summed E-state index contributed by atoms with van der Waals surface area (Å²) < 4.78 is 0. The number of carbonyl (C=O) groups excluding carboxylic acids is 1. The van der Waals surface area contributed by atoms with E-state index >= 15 is 0 Å². The molecule has 0 saturated heterocycles. The predicted octanol–water partition coefficient (Wildman–Crippen LogP) is 3.00. The molecule has 5 heteroatoms. The Bertz CT molecular complexity index is 382. The third-order valence-corrected chi connectivity index (χ3v) is 3.27. The fourth-order valence-corrected chi connectivity index (χ4v) is 1.74. The van der Waals surface area contributed by atoms with Crippen molar-refractivity contribution >= 4 is 40.6 Å². The van der Waals surface area contributed by atoms with Gasteiger partial charge in [-0.15, -0.1) is 11.8 Å². The highest BCUT2D eigenvalue weighted by Gasteiger charge is 2.05. The lowest BCUT2D eigenvalue weighted by atomic mass is 10.3. The average Bonchev–Trinajstić information content (AvgIpc) is 2.21. The number of amides is 1. The van der Waals surface area contributed by atoms with E-state index in [-0.39, 0.29) is 5.91 Å².